The van der Waals surface area contributed by atoms with Gasteiger partial charge in [-0.05, 0) is 43.3 Å². The third-order valence-corrected chi connectivity index (χ3v) is 5.50. The molecule has 0 radical (unpaired) electrons. The lowest BCUT2D eigenvalue weighted by atomic mass is 10.1. The molecule has 2 aromatic rings. The Kier molecular flexibility index (Phi) is 4.36. The van der Waals surface area contributed by atoms with Gasteiger partial charge in [-0.2, -0.15) is 0 Å². The summed E-state index contributed by atoms with van der Waals surface area (Å²) in [5, 5.41) is 15.3. The average molecular weight is 318 g/mol. The second-order valence-corrected chi connectivity index (χ2v) is 7.12. The number of carbonyl (C=O) groups is 1. The minimum absolute atomic E-state index is 0.117. The highest BCUT2D eigenvalue weighted by Crippen LogP contribution is 2.31. The van der Waals surface area contributed by atoms with Gasteiger partial charge in [0.15, 0.2) is 0 Å². The van der Waals surface area contributed by atoms with Crippen molar-refractivity contribution >= 4 is 17.2 Å². The predicted molar refractivity (Wildman–Crippen MR) is 88.2 cm³/mol. The zero-order chi connectivity index (χ0) is 15.6. The van der Waals surface area contributed by atoms with Crippen LogP contribution in [0.25, 0.3) is 0 Å². The van der Waals surface area contributed by atoms with Crippen molar-refractivity contribution in [2.45, 2.75) is 44.2 Å². The summed E-state index contributed by atoms with van der Waals surface area (Å²) in [6.07, 6.45) is 6.74. The number of hydrogen-bond acceptors (Lipinski definition) is 3. The Hall–Kier alpha value is -1.59. The number of aliphatic hydroxyl groups is 1. The van der Waals surface area contributed by atoms with Gasteiger partial charge in [-0.25, -0.2) is 0 Å². The highest BCUT2D eigenvalue weighted by molar-refractivity contribution is 7.10. The van der Waals surface area contributed by atoms with E-state index in [0.29, 0.717) is 11.7 Å². The second-order valence-electron chi connectivity index (χ2n) is 6.17. The Morgan fingerprint density at radius 3 is 2.86 bits per heavy atom. The van der Waals surface area contributed by atoms with Gasteiger partial charge in [0.05, 0.1) is 6.54 Å². The van der Waals surface area contributed by atoms with Gasteiger partial charge in [0.1, 0.15) is 11.3 Å². The molecule has 1 unspecified atom stereocenters. The van der Waals surface area contributed by atoms with Crippen LogP contribution in [-0.4, -0.2) is 22.1 Å². The number of aromatic nitrogens is 1. The maximum Gasteiger partial charge on any atom is 0.268 e. The maximum absolute atomic E-state index is 12.5. The van der Waals surface area contributed by atoms with Gasteiger partial charge < -0.3 is 15.0 Å². The Morgan fingerprint density at radius 2 is 2.18 bits per heavy atom. The number of nitrogens with one attached hydrogen (secondary N) is 1. The van der Waals surface area contributed by atoms with Gasteiger partial charge in [-0.1, -0.05) is 18.9 Å². The summed E-state index contributed by atoms with van der Waals surface area (Å²) in [7, 11) is 0. The van der Waals surface area contributed by atoms with Gasteiger partial charge in [0, 0.05) is 17.1 Å². The number of carbonyl (C=O) groups excluding carboxylic acids is 1. The fraction of sp³-hybridized carbons (Fsp3) is 0.471. The van der Waals surface area contributed by atoms with Crippen molar-refractivity contribution in [3.63, 3.8) is 0 Å². The first kappa shape index (κ1) is 15.3. The first-order chi connectivity index (χ1) is 10.6. The third-order valence-electron chi connectivity index (χ3n) is 4.37. The number of nitrogens with zero attached hydrogens (tertiary/aromatic N) is 1. The molecule has 1 amide bonds. The molecule has 1 saturated carbocycles. The van der Waals surface area contributed by atoms with E-state index in [4.69, 9.17) is 0 Å². The van der Waals surface area contributed by atoms with Gasteiger partial charge in [0.2, 0.25) is 0 Å². The van der Waals surface area contributed by atoms with E-state index in [9.17, 15) is 9.90 Å². The number of thiophene rings is 1. The summed E-state index contributed by atoms with van der Waals surface area (Å²) in [6, 6.07) is 8.01. The molecule has 0 spiro atoms. The molecule has 2 heterocycles. The molecule has 0 aromatic carbocycles. The normalized spacial score (nSPS) is 18.3. The number of hydrogen-bond donors (Lipinski definition) is 2. The number of rotatable bonds is 5. The van der Waals surface area contributed by atoms with Gasteiger partial charge in [-0.3, -0.25) is 4.79 Å². The van der Waals surface area contributed by atoms with Gasteiger partial charge >= 0.3 is 0 Å². The van der Waals surface area contributed by atoms with Crippen molar-refractivity contribution in [2.75, 3.05) is 6.54 Å². The van der Waals surface area contributed by atoms with E-state index in [0.717, 1.165) is 17.7 Å². The maximum atomic E-state index is 12.5. The molecule has 22 heavy (non-hydrogen) atoms. The lowest BCUT2D eigenvalue weighted by Crippen LogP contribution is -2.38. The van der Waals surface area contributed by atoms with Crippen LogP contribution in [0.15, 0.2) is 35.8 Å². The highest BCUT2D eigenvalue weighted by atomic mass is 32.1. The van der Waals surface area contributed by atoms with Crippen LogP contribution >= 0.6 is 11.3 Å². The zero-order valence-electron chi connectivity index (χ0n) is 12.8. The molecule has 0 bridgehead atoms. The minimum atomic E-state index is -1.03. The van der Waals surface area contributed by atoms with Crippen molar-refractivity contribution in [3.05, 3.63) is 46.4 Å². The molecule has 1 atom stereocenters. The highest BCUT2D eigenvalue weighted by Gasteiger charge is 2.26. The first-order valence-electron chi connectivity index (χ1n) is 7.79. The average Bonchev–Trinajstić information content (AvgIpc) is 3.26. The SMILES string of the molecule is CC(O)(CNC(=O)c1cccn1C1CCCC1)c1cccs1. The van der Waals surface area contributed by atoms with Crippen molar-refractivity contribution in [3.8, 4) is 0 Å². The Balaban J connectivity index is 1.66. The van der Waals surface area contributed by atoms with Crippen LogP contribution in [0.5, 0.6) is 0 Å². The van der Waals surface area contributed by atoms with E-state index in [1.165, 1.54) is 24.2 Å². The quantitative estimate of drug-likeness (QED) is 0.889. The van der Waals surface area contributed by atoms with E-state index in [-0.39, 0.29) is 12.5 Å². The van der Waals surface area contributed by atoms with Gasteiger partial charge in [-0.15, -0.1) is 11.3 Å². The summed E-state index contributed by atoms with van der Waals surface area (Å²) < 4.78 is 2.09. The molecule has 1 aliphatic rings. The van der Waals surface area contributed by atoms with Crippen LogP contribution in [0.3, 0.4) is 0 Å². The predicted octanol–water partition coefficient (Wildman–Crippen LogP) is 3.30. The Morgan fingerprint density at radius 1 is 1.41 bits per heavy atom. The fourth-order valence-electron chi connectivity index (χ4n) is 3.10. The molecule has 4 nitrogen and oxygen atoms in total. The van der Waals surface area contributed by atoms with Gasteiger partial charge in [0.25, 0.3) is 5.91 Å². The van der Waals surface area contributed by atoms with E-state index in [2.05, 4.69) is 9.88 Å². The van der Waals surface area contributed by atoms with Crippen LogP contribution in [0.4, 0.5) is 0 Å². The lowest BCUT2D eigenvalue weighted by molar-refractivity contribution is 0.0553. The summed E-state index contributed by atoms with van der Waals surface area (Å²) in [5.41, 5.74) is -0.344. The van der Waals surface area contributed by atoms with E-state index >= 15 is 0 Å². The molecule has 1 fully saturated rings. The largest absolute Gasteiger partial charge is 0.383 e. The zero-order valence-corrected chi connectivity index (χ0v) is 13.6. The third kappa shape index (κ3) is 3.10. The summed E-state index contributed by atoms with van der Waals surface area (Å²) >= 11 is 1.50. The van der Waals surface area contributed by atoms with Crippen LogP contribution < -0.4 is 5.32 Å². The van der Waals surface area contributed by atoms with Crippen LogP contribution in [0, 0.1) is 0 Å². The molecular weight excluding hydrogens is 296 g/mol. The molecule has 0 aliphatic heterocycles. The fourth-order valence-corrected chi connectivity index (χ4v) is 3.89. The second kappa shape index (κ2) is 6.26. The topological polar surface area (TPSA) is 54.3 Å². The molecule has 5 heteroatoms. The van der Waals surface area contributed by atoms with Crippen molar-refractivity contribution in [1.82, 2.24) is 9.88 Å². The first-order valence-corrected chi connectivity index (χ1v) is 8.67. The summed E-state index contributed by atoms with van der Waals surface area (Å²) in [6.45, 7) is 1.94. The molecular formula is C17H22N2O2S. The summed E-state index contributed by atoms with van der Waals surface area (Å²) in [4.78, 5) is 13.3. The van der Waals surface area contributed by atoms with Crippen LogP contribution in [-0.2, 0) is 5.60 Å². The van der Waals surface area contributed by atoms with Crippen molar-refractivity contribution in [2.24, 2.45) is 0 Å². The standard InChI is InChI=1S/C17H22N2O2S/c1-17(21,15-9-5-11-22-15)12-18-16(20)14-8-4-10-19(14)13-6-2-3-7-13/h4-5,8-11,13,21H,2-3,6-7,12H2,1H3,(H,18,20). The summed E-state index contributed by atoms with van der Waals surface area (Å²) in [5.74, 6) is -0.117. The Bertz CT molecular complexity index is 625. The molecule has 118 valence electrons. The van der Waals surface area contributed by atoms with Crippen molar-refractivity contribution < 1.29 is 9.90 Å². The van der Waals surface area contributed by atoms with Crippen LogP contribution in [0.2, 0.25) is 0 Å². The minimum Gasteiger partial charge on any atom is -0.383 e. The van der Waals surface area contributed by atoms with Crippen LogP contribution in [0.1, 0.15) is 54.0 Å². The molecule has 2 aromatic heterocycles. The molecule has 2 N–H and O–H groups in total. The van der Waals surface area contributed by atoms with E-state index in [1.807, 2.05) is 35.8 Å². The lowest BCUT2D eigenvalue weighted by Gasteiger charge is -2.23. The Labute approximate surface area is 134 Å². The monoisotopic (exact) mass is 318 g/mol. The molecule has 1 aliphatic carbocycles. The molecule has 0 saturated heterocycles. The molecule has 3 rings (SSSR count). The van der Waals surface area contributed by atoms with E-state index in [1.54, 1.807) is 6.92 Å². The van der Waals surface area contributed by atoms with Crippen molar-refractivity contribution in [1.29, 1.82) is 0 Å². The number of amides is 1. The van der Waals surface area contributed by atoms with E-state index < -0.39 is 5.60 Å². The smallest absolute Gasteiger partial charge is 0.268 e.